The van der Waals surface area contributed by atoms with Gasteiger partial charge in [0.15, 0.2) is 0 Å². The van der Waals surface area contributed by atoms with E-state index in [1.165, 1.54) is 5.57 Å². The van der Waals surface area contributed by atoms with E-state index in [9.17, 15) is 4.39 Å². The molecule has 1 rings (SSSR count). The van der Waals surface area contributed by atoms with E-state index in [1.54, 1.807) is 6.08 Å². The highest BCUT2D eigenvalue weighted by molar-refractivity contribution is 5.30. The molecule has 0 saturated carbocycles. The molecule has 1 unspecified atom stereocenters. The van der Waals surface area contributed by atoms with E-state index < -0.39 is 0 Å². The first kappa shape index (κ1) is 10.5. The van der Waals surface area contributed by atoms with E-state index in [0.717, 1.165) is 0 Å². The van der Waals surface area contributed by atoms with Crippen molar-refractivity contribution >= 4 is 0 Å². The van der Waals surface area contributed by atoms with Gasteiger partial charge in [0.1, 0.15) is 5.83 Å². The highest BCUT2D eigenvalue weighted by Crippen LogP contribution is 2.32. The topological polar surface area (TPSA) is 12.0 Å². The molecule has 1 nitrogen and oxygen atoms in total. The van der Waals surface area contributed by atoms with Crippen molar-refractivity contribution in [2.45, 2.75) is 32.7 Å². The second kappa shape index (κ2) is 3.62. The summed E-state index contributed by atoms with van der Waals surface area (Å²) in [6, 6.07) is 0. The molecule has 0 radical (unpaired) electrons. The van der Waals surface area contributed by atoms with Crippen LogP contribution in [0.3, 0.4) is 0 Å². The first-order chi connectivity index (χ1) is 5.97. The maximum atomic E-state index is 12.9. The maximum absolute atomic E-state index is 12.9. The summed E-state index contributed by atoms with van der Waals surface area (Å²) >= 11 is 0. The molecule has 1 N–H and O–H groups in total. The summed E-state index contributed by atoms with van der Waals surface area (Å²) in [5, 5.41) is 3.24. The maximum Gasteiger partial charge on any atom is 0.100 e. The molecule has 1 atom stereocenters. The minimum absolute atomic E-state index is 0.0110. The Labute approximate surface area is 79.7 Å². The van der Waals surface area contributed by atoms with Crippen LogP contribution in [-0.2, 0) is 0 Å². The Hall–Kier alpha value is -0.630. The Balaban J connectivity index is 2.91. The summed E-state index contributed by atoms with van der Waals surface area (Å²) in [7, 11) is 1.93. The summed E-state index contributed by atoms with van der Waals surface area (Å²) in [4.78, 5) is 0. The lowest BCUT2D eigenvalue weighted by Crippen LogP contribution is -2.40. The first-order valence-electron chi connectivity index (χ1n) is 4.73. The fourth-order valence-electron chi connectivity index (χ4n) is 1.78. The van der Waals surface area contributed by atoms with Crippen LogP contribution in [-0.4, -0.2) is 12.6 Å². The first-order valence-corrected chi connectivity index (χ1v) is 4.73. The van der Waals surface area contributed by atoms with Crippen LogP contribution in [0.5, 0.6) is 0 Å². The molecular formula is C11H18FN. The number of rotatable bonds is 2. The van der Waals surface area contributed by atoms with Crippen LogP contribution in [0.25, 0.3) is 0 Å². The largest absolute Gasteiger partial charge is 0.311 e. The van der Waals surface area contributed by atoms with E-state index in [1.807, 2.05) is 13.1 Å². The standard InChI is InChI=1S/C11H18FN/c1-8-7-9(12)5-6-10(8)11(2,3)13-4/h5-6,8,13H,7H2,1-4H3. The van der Waals surface area contributed by atoms with Crippen LogP contribution in [0, 0.1) is 5.92 Å². The number of allylic oxidation sites excluding steroid dienone is 3. The second-order valence-electron chi connectivity index (χ2n) is 4.22. The van der Waals surface area contributed by atoms with Gasteiger partial charge in [-0.1, -0.05) is 13.0 Å². The summed E-state index contributed by atoms with van der Waals surface area (Å²) in [6.45, 7) is 6.30. The highest BCUT2D eigenvalue weighted by atomic mass is 19.1. The van der Waals surface area contributed by atoms with E-state index in [0.29, 0.717) is 12.3 Å². The van der Waals surface area contributed by atoms with E-state index in [2.05, 4.69) is 26.1 Å². The van der Waals surface area contributed by atoms with Gasteiger partial charge in [-0.05, 0) is 38.5 Å². The van der Waals surface area contributed by atoms with Gasteiger partial charge in [0.05, 0.1) is 0 Å². The third-order valence-electron chi connectivity index (χ3n) is 2.82. The summed E-state index contributed by atoms with van der Waals surface area (Å²) < 4.78 is 12.9. The van der Waals surface area contributed by atoms with Crippen molar-refractivity contribution in [3.05, 3.63) is 23.6 Å². The van der Waals surface area contributed by atoms with Crippen molar-refractivity contribution in [3.63, 3.8) is 0 Å². The van der Waals surface area contributed by atoms with Crippen LogP contribution in [0.2, 0.25) is 0 Å². The van der Waals surface area contributed by atoms with Crippen molar-refractivity contribution in [2.75, 3.05) is 7.05 Å². The van der Waals surface area contributed by atoms with Crippen LogP contribution in [0.15, 0.2) is 23.6 Å². The molecule has 0 aromatic heterocycles. The van der Waals surface area contributed by atoms with Crippen molar-refractivity contribution in [1.82, 2.24) is 5.32 Å². The van der Waals surface area contributed by atoms with Crippen molar-refractivity contribution in [3.8, 4) is 0 Å². The molecule has 0 fully saturated rings. The molecule has 74 valence electrons. The van der Waals surface area contributed by atoms with Gasteiger partial charge in [-0.15, -0.1) is 0 Å². The smallest absolute Gasteiger partial charge is 0.100 e. The molecule has 1 aliphatic rings. The predicted molar refractivity (Wildman–Crippen MR) is 54.2 cm³/mol. The lowest BCUT2D eigenvalue weighted by atomic mass is 9.80. The summed E-state index contributed by atoms with van der Waals surface area (Å²) in [6.07, 6.45) is 4.02. The number of hydrogen-bond acceptors (Lipinski definition) is 1. The zero-order valence-electron chi connectivity index (χ0n) is 8.82. The molecule has 0 aromatic rings. The molecule has 1 aliphatic carbocycles. The fourth-order valence-corrected chi connectivity index (χ4v) is 1.78. The number of nitrogens with one attached hydrogen (secondary N) is 1. The van der Waals surface area contributed by atoms with Crippen molar-refractivity contribution < 1.29 is 4.39 Å². The Morgan fingerprint density at radius 2 is 2.08 bits per heavy atom. The zero-order chi connectivity index (χ0) is 10.1. The lowest BCUT2D eigenvalue weighted by Gasteiger charge is -2.33. The molecule has 13 heavy (non-hydrogen) atoms. The highest BCUT2D eigenvalue weighted by Gasteiger charge is 2.27. The molecule has 0 heterocycles. The summed E-state index contributed by atoms with van der Waals surface area (Å²) in [5.41, 5.74) is 1.24. The van der Waals surface area contributed by atoms with Gasteiger partial charge < -0.3 is 5.32 Å². The van der Waals surface area contributed by atoms with Gasteiger partial charge in [-0.3, -0.25) is 0 Å². The van der Waals surface area contributed by atoms with Gasteiger partial charge in [-0.25, -0.2) is 4.39 Å². The molecule has 0 aliphatic heterocycles. The van der Waals surface area contributed by atoms with Crippen LogP contribution in [0.4, 0.5) is 4.39 Å². The van der Waals surface area contributed by atoms with Gasteiger partial charge in [0, 0.05) is 12.0 Å². The average Bonchev–Trinajstić information content (AvgIpc) is 2.03. The van der Waals surface area contributed by atoms with E-state index in [4.69, 9.17) is 0 Å². The molecule has 0 spiro atoms. The van der Waals surface area contributed by atoms with Crippen LogP contribution < -0.4 is 5.32 Å². The Kier molecular flexibility index (Phi) is 2.91. The quantitative estimate of drug-likeness (QED) is 0.694. The average molecular weight is 183 g/mol. The lowest BCUT2D eigenvalue weighted by molar-refractivity contribution is 0.416. The number of hydrogen-bond donors (Lipinski definition) is 1. The number of likely N-dealkylation sites (N-methyl/N-ethyl adjacent to an activating group) is 1. The molecule has 0 saturated heterocycles. The van der Waals surface area contributed by atoms with Crippen molar-refractivity contribution in [2.24, 2.45) is 5.92 Å². The number of halogens is 1. The second-order valence-corrected chi connectivity index (χ2v) is 4.22. The molecule has 2 heteroatoms. The zero-order valence-corrected chi connectivity index (χ0v) is 8.82. The van der Waals surface area contributed by atoms with E-state index >= 15 is 0 Å². The Morgan fingerprint density at radius 1 is 1.46 bits per heavy atom. The normalized spacial score (nSPS) is 23.9. The van der Waals surface area contributed by atoms with Gasteiger partial charge in [0.2, 0.25) is 0 Å². The molecule has 0 aromatic carbocycles. The Morgan fingerprint density at radius 3 is 2.54 bits per heavy atom. The van der Waals surface area contributed by atoms with Crippen molar-refractivity contribution in [1.29, 1.82) is 0 Å². The van der Waals surface area contributed by atoms with Crippen LogP contribution >= 0.6 is 0 Å². The molecular weight excluding hydrogens is 165 g/mol. The summed E-state index contributed by atoms with van der Waals surface area (Å²) in [5.74, 6) is 0.288. The fraction of sp³-hybridized carbons (Fsp3) is 0.636. The van der Waals surface area contributed by atoms with Crippen LogP contribution in [0.1, 0.15) is 27.2 Å². The minimum atomic E-state index is -0.0311. The van der Waals surface area contributed by atoms with E-state index in [-0.39, 0.29) is 11.4 Å². The van der Waals surface area contributed by atoms with Gasteiger partial charge >= 0.3 is 0 Å². The Bertz CT molecular complexity index is 251. The molecule has 0 amide bonds. The monoisotopic (exact) mass is 183 g/mol. The van der Waals surface area contributed by atoms with Gasteiger partial charge in [0.25, 0.3) is 0 Å². The van der Waals surface area contributed by atoms with Gasteiger partial charge in [-0.2, -0.15) is 0 Å². The predicted octanol–water partition coefficient (Wildman–Crippen LogP) is 2.80. The third kappa shape index (κ3) is 2.19. The third-order valence-corrected chi connectivity index (χ3v) is 2.82. The minimum Gasteiger partial charge on any atom is -0.311 e. The molecule has 0 bridgehead atoms. The SMILES string of the molecule is CNC(C)(C)C1=CC=C(F)CC1C.